The number of aromatic nitrogens is 3. The first-order chi connectivity index (χ1) is 26.3. The van der Waals surface area contributed by atoms with E-state index in [1.165, 1.54) is 76.9 Å². The highest BCUT2D eigenvalue weighted by Crippen LogP contribution is 2.47. The second-order valence-corrected chi connectivity index (χ2v) is 13.7. The number of para-hydroxylation sites is 4. The smallest absolute Gasteiger partial charge is 0.0789 e. The van der Waals surface area contributed by atoms with Gasteiger partial charge in [-0.15, -0.1) is 0 Å². The monoisotopic (exact) mass is 675 g/mol. The molecule has 0 atom stereocenters. The Kier molecular flexibility index (Phi) is 6.55. The first-order valence-corrected chi connectivity index (χ1v) is 18.2. The van der Waals surface area contributed by atoms with Crippen LogP contribution in [0.15, 0.2) is 200 Å². The molecule has 0 bridgehead atoms. The number of rotatable bonds is 5. The van der Waals surface area contributed by atoms with Gasteiger partial charge in [-0.25, -0.2) is 0 Å². The molecule has 0 aliphatic heterocycles. The summed E-state index contributed by atoms with van der Waals surface area (Å²) in [6.07, 6.45) is 0. The fraction of sp³-hybridized carbons (Fsp3) is 0. The summed E-state index contributed by atoms with van der Waals surface area (Å²) in [6.45, 7) is 0. The third-order valence-electron chi connectivity index (χ3n) is 10.8. The predicted octanol–water partition coefficient (Wildman–Crippen LogP) is 13.2. The molecule has 11 rings (SSSR count). The summed E-state index contributed by atoms with van der Waals surface area (Å²) in [6, 6.07) is 72.6. The summed E-state index contributed by atoms with van der Waals surface area (Å²) in [4.78, 5) is 0. The fourth-order valence-corrected chi connectivity index (χ4v) is 8.66. The van der Waals surface area contributed by atoms with Crippen molar-refractivity contribution >= 4 is 54.5 Å². The van der Waals surface area contributed by atoms with Crippen molar-refractivity contribution in [1.29, 1.82) is 0 Å². The van der Waals surface area contributed by atoms with E-state index in [9.17, 15) is 0 Å². The zero-order chi connectivity index (χ0) is 34.9. The Morgan fingerprint density at radius 2 is 0.698 bits per heavy atom. The van der Waals surface area contributed by atoms with Gasteiger partial charge in [-0.3, -0.25) is 0 Å². The van der Waals surface area contributed by atoms with E-state index < -0.39 is 0 Å². The van der Waals surface area contributed by atoms with Crippen molar-refractivity contribution in [2.24, 2.45) is 0 Å². The van der Waals surface area contributed by atoms with Crippen LogP contribution in [0.4, 0.5) is 0 Å². The lowest BCUT2D eigenvalue weighted by Crippen LogP contribution is -2.01. The first kappa shape index (κ1) is 29.6. The van der Waals surface area contributed by atoms with Crippen molar-refractivity contribution in [1.82, 2.24) is 13.7 Å². The van der Waals surface area contributed by atoms with Crippen LogP contribution in [0.1, 0.15) is 0 Å². The van der Waals surface area contributed by atoms with Crippen LogP contribution in [-0.2, 0) is 0 Å². The average molecular weight is 676 g/mol. The van der Waals surface area contributed by atoms with E-state index in [-0.39, 0.29) is 0 Å². The lowest BCUT2D eigenvalue weighted by Gasteiger charge is -2.16. The zero-order valence-corrected chi connectivity index (χ0v) is 28.9. The van der Waals surface area contributed by atoms with E-state index in [0.717, 1.165) is 17.1 Å². The Morgan fingerprint density at radius 1 is 0.264 bits per heavy atom. The summed E-state index contributed by atoms with van der Waals surface area (Å²) in [7, 11) is 0. The summed E-state index contributed by atoms with van der Waals surface area (Å²) in [5.74, 6) is 0. The van der Waals surface area contributed by atoms with Crippen molar-refractivity contribution in [2.75, 3.05) is 0 Å². The standard InChI is InChI=1S/C50H33N3/c1-4-17-34(18-5-1)47-43-32-31-42-41-27-12-15-30-46(41)52(49(42)50(43)53(36-21-8-3-9-22-36)48(47)35-19-6-2-7-20-35)38-24-16-23-37(33-38)51-44-28-13-10-25-39(44)40-26-11-14-29-45(40)51/h1-33H. The molecule has 3 heterocycles. The Bertz CT molecular complexity index is 3090. The van der Waals surface area contributed by atoms with E-state index in [1.54, 1.807) is 0 Å². The van der Waals surface area contributed by atoms with Crippen LogP contribution in [0.3, 0.4) is 0 Å². The van der Waals surface area contributed by atoms with Gasteiger partial charge >= 0.3 is 0 Å². The molecule has 0 N–H and O–H groups in total. The number of fused-ring (bicyclic) bond motifs is 8. The lowest BCUT2D eigenvalue weighted by molar-refractivity contribution is 1.11. The number of benzene rings is 8. The molecule has 3 nitrogen and oxygen atoms in total. The van der Waals surface area contributed by atoms with E-state index in [1.807, 2.05) is 0 Å². The topological polar surface area (TPSA) is 14.8 Å². The minimum atomic E-state index is 1.12. The molecule has 53 heavy (non-hydrogen) atoms. The highest BCUT2D eigenvalue weighted by molar-refractivity contribution is 6.22. The molecule has 3 aromatic heterocycles. The van der Waals surface area contributed by atoms with Gasteiger partial charge in [0.15, 0.2) is 0 Å². The summed E-state index contributed by atoms with van der Waals surface area (Å²) < 4.78 is 7.40. The first-order valence-electron chi connectivity index (χ1n) is 18.2. The van der Waals surface area contributed by atoms with Gasteiger partial charge in [0.25, 0.3) is 0 Å². The van der Waals surface area contributed by atoms with Crippen LogP contribution < -0.4 is 0 Å². The maximum atomic E-state index is 2.50. The largest absolute Gasteiger partial charge is 0.309 e. The van der Waals surface area contributed by atoms with Crippen molar-refractivity contribution in [3.63, 3.8) is 0 Å². The minimum absolute atomic E-state index is 1.12. The normalized spacial score (nSPS) is 11.8. The molecule has 0 saturated heterocycles. The predicted molar refractivity (Wildman–Crippen MR) is 223 cm³/mol. The average Bonchev–Trinajstić information content (AvgIpc) is 3.88. The molecular formula is C50H33N3. The van der Waals surface area contributed by atoms with Crippen LogP contribution in [-0.4, -0.2) is 13.7 Å². The van der Waals surface area contributed by atoms with Gasteiger partial charge < -0.3 is 13.7 Å². The Labute approximate surface area is 306 Å². The third-order valence-corrected chi connectivity index (χ3v) is 10.8. The molecular weight excluding hydrogens is 643 g/mol. The van der Waals surface area contributed by atoms with Gasteiger partial charge in [-0.1, -0.05) is 152 Å². The van der Waals surface area contributed by atoms with Gasteiger partial charge in [-0.05, 0) is 59.7 Å². The molecule has 11 aromatic rings. The molecule has 8 aromatic carbocycles. The lowest BCUT2D eigenvalue weighted by atomic mass is 9.98. The SMILES string of the molecule is c1ccc(-c2c(-c3ccccc3)n(-c3ccccc3)c3c2ccc2c4ccccc4n(-c4cccc(-n5c6ccccc6c6ccccc65)c4)c23)cc1. The Balaban J connectivity index is 1.31. The minimum Gasteiger partial charge on any atom is -0.309 e. The molecule has 0 radical (unpaired) electrons. The molecule has 0 amide bonds. The van der Waals surface area contributed by atoms with E-state index in [0.29, 0.717) is 0 Å². The van der Waals surface area contributed by atoms with Crippen LogP contribution in [0.25, 0.3) is 94.0 Å². The molecule has 3 heteroatoms. The Hall–Kier alpha value is -7.10. The van der Waals surface area contributed by atoms with E-state index in [2.05, 4.69) is 214 Å². The van der Waals surface area contributed by atoms with Crippen LogP contribution in [0.5, 0.6) is 0 Å². The molecule has 0 aliphatic carbocycles. The van der Waals surface area contributed by atoms with Crippen molar-refractivity contribution in [3.8, 4) is 39.4 Å². The summed E-state index contributed by atoms with van der Waals surface area (Å²) in [5, 5.41) is 6.19. The Morgan fingerprint density at radius 3 is 1.32 bits per heavy atom. The quantitative estimate of drug-likeness (QED) is 0.172. The molecule has 0 fully saturated rings. The van der Waals surface area contributed by atoms with Crippen LogP contribution in [0.2, 0.25) is 0 Å². The van der Waals surface area contributed by atoms with Gasteiger partial charge in [0.1, 0.15) is 0 Å². The van der Waals surface area contributed by atoms with Gasteiger partial charge in [0.2, 0.25) is 0 Å². The van der Waals surface area contributed by atoms with Crippen LogP contribution >= 0.6 is 0 Å². The van der Waals surface area contributed by atoms with E-state index in [4.69, 9.17) is 0 Å². The van der Waals surface area contributed by atoms with Gasteiger partial charge in [0, 0.05) is 49.6 Å². The molecule has 0 unspecified atom stereocenters. The number of nitrogens with zero attached hydrogens (tertiary/aromatic N) is 3. The van der Waals surface area contributed by atoms with Gasteiger partial charge in [0.05, 0.1) is 33.3 Å². The van der Waals surface area contributed by atoms with Crippen molar-refractivity contribution < 1.29 is 0 Å². The fourth-order valence-electron chi connectivity index (χ4n) is 8.66. The highest BCUT2D eigenvalue weighted by atomic mass is 15.1. The molecule has 0 saturated carbocycles. The zero-order valence-electron chi connectivity index (χ0n) is 28.9. The van der Waals surface area contributed by atoms with Gasteiger partial charge in [-0.2, -0.15) is 0 Å². The third kappa shape index (κ3) is 4.41. The highest BCUT2D eigenvalue weighted by Gasteiger charge is 2.26. The second kappa shape index (κ2) is 11.7. The summed E-state index contributed by atoms with van der Waals surface area (Å²) in [5.41, 5.74) is 14.1. The number of hydrogen-bond donors (Lipinski definition) is 0. The van der Waals surface area contributed by atoms with Crippen molar-refractivity contribution in [2.45, 2.75) is 0 Å². The summed E-state index contributed by atoms with van der Waals surface area (Å²) >= 11 is 0. The molecule has 0 spiro atoms. The second-order valence-electron chi connectivity index (χ2n) is 13.7. The molecule has 0 aliphatic rings. The maximum Gasteiger partial charge on any atom is 0.0789 e. The molecule has 248 valence electrons. The van der Waals surface area contributed by atoms with Crippen LogP contribution in [0, 0.1) is 0 Å². The van der Waals surface area contributed by atoms with E-state index >= 15 is 0 Å². The maximum absolute atomic E-state index is 2.50. The number of hydrogen-bond acceptors (Lipinski definition) is 0. The van der Waals surface area contributed by atoms with Crippen molar-refractivity contribution in [3.05, 3.63) is 200 Å².